The van der Waals surface area contributed by atoms with Crippen LogP contribution in [0.3, 0.4) is 0 Å². The fourth-order valence-electron chi connectivity index (χ4n) is 6.89. The van der Waals surface area contributed by atoms with Gasteiger partial charge in [0.05, 0.1) is 5.69 Å². The molecule has 1 saturated carbocycles. The summed E-state index contributed by atoms with van der Waals surface area (Å²) in [6.45, 7) is 2.31. The molecule has 7 heteroatoms. The average molecular weight is 601 g/mol. The second-order valence-electron chi connectivity index (χ2n) is 11.5. The SMILES string of the molecule is CC1CC[C@H](P(=Nc2ccc3c(=C(C#N)C#N)c4cc(N)ccc4c(=C(C#N)C#N)c3c2)(c2ccccc2)c2ccccc2)C1. The summed E-state index contributed by atoms with van der Waals surface area (Å²) in [7, 11) is -2.37. The van der Waals surface area contributed by atoms with Gasteiger partial charge in [0.15, 0.2) is 0 Å². The zero-order valence-corrected chi connectivity index (χ0v) is 25.7. The Labute approximate surface area is 262 Å². The van der Waals surface area contributed by atoms with Crippen LogP contribution in [-0.4, -0.2) is 5.66 Å². The van der Waals surface area contributed by atoms with E-state index in [9.17, 15) is 21.0 Å². The quantitative estimate of drug-likeness (QED) is 0.140. The zero-order valence-electron chi connectivity index (χ0n) is 24.8. The molecule has 1 unspecified atom stereocenters. The van der Waals surface area contributed by atoms with Gasteiger partial charge >= 0.3 is 0 Å². The summed E-state index contributed by atoms with van der Waals surface area (Å²) in [6, 6.07) is 40.2. The number of nitrogens with zero attached hydrogens (tertiary/aromatic N) is 5. The summed E-state index contributed by atoms with van der Waals surface area (Å²) in [5, 5.41) is 45.7. The van der Waals surface area contributed by atoms with Crippen LogP contribution in [0.5, 0.6) is 0 Å². The van der Waals surface area contributed by atoms with Crippen LogP contribution in [0.2, 0.25) is 0 Å². The number of rotatable bonds is 4. The van der Waals surface area contributed by atoms with Gasteiger partial charge in [-0.15, -0.1) is 0 Å². The van der Waals surface area contributed by atoms with Crippen molar-refractivity contribution in [2.75, 3.05) is 5.73 Å². The van der Waals surface area contributed by atoms with Crippen molar-refractivity contribution in [2.24, 2.45) is 10.7 Å². The zero-order chi connectivity index (χ0) is 31.6. The number of nitrogen functional groups attached to an aromatic ring is 1. The number of benzene rings is 5. The number of nitriles is 4. The van der Waals surface area contributed by atoms with Gasteiger partial charge in [0.1, 0.15) is 35.4 Å². The first-order valence-corrected chi connectivity index (χ1v) is 16.6. The van der Waals surface area contributed by atoms with Crippen molar-refractivity contribution in [3.8, 4) is 24.3 Å². The second-order valence-corrected chi connectivity index (χ2v) is 14.8. The number of fused-ring (bicyclic) bond motifs is 2. The molecule has 5 aromatic carbocycles. The lowest BCUT2D eigenvalue weighted by atomic mass is 9.93. The molecule has 1 aliphatic rings. The molecule has 0 bridgehead atoms. The van der Waals surface area contributed by atoms with Crippen LogP contribution < -0.4 is 26.8 Å². The lowest BCUT2D eigenvalue weighted by molar-refractivity contribution is 0.613. The van der Waals surface area contributed by atoms with Crippen LogP contribution in [0.4, 0.5) is 11.4 Å². The van der Waals surface area contributed by atoms with Gasteiger partial charge in [0.25, 0.3) is 0 Å². The van der Waals surface area contributed by atoms with E-state index in [1.54, 1.807) is 18.2 Å². The van der Waals surface area contributed by atoms with Crippen molar-refractivity contribution in [3.05, 3.63) is 107 Å². The third kappa shape index (κ3) is 5.03. The molecular formula is C38H29N6P. The first kappa shape index (κ1) is 29.4. The maximum absolute atomic E-state index is 10.1. The van der Waals surface area contributed by atoms with E-state index in [1.165, 1.54) is 10.6 Å². The van der Waals surface area contributed by atoms with Crippen LogP contribution in [0, 0.1) is 51.2 Å². The molecule has 5 aromatic rings. The van der Waals surface area contributed by atoms with Crippen LogP contribution in [0.15, 0.2) is 102 Å². The third-order valence-electron chi connectivity index (χ3n) is 8.84. The van der Waals surface area contributed by atoms with Gasteiger partial charge in [0.2, 0.25) is 0 Å². The molecule has 0 amide bonds. The Hall–Kier alpha value is -5.65. The fraction of sp³-hybridized carbons (Fsp3) is 0.158. The second kappa shape index (κ2) is 12.2. The molecule has 0 spiro atoms. The fourth-order valence-corrected chi connectivity index (χ4v) is 11.4. The molecule has 0 heterocycles. The maximum Gasteiger partial charge on any atom is 0.138 e. The highest BCUT2D eigenvalue weighted by atomic mass is 31.2. The predicted molar refractivity (Wildman–Crippen MR) is 182 cm³/mol. The van der Waals surface area contributed by atoms with E-state index in [4.69, 9.17) is 10.5 Å². The van der Waals surface area contributed by atoms with Crippen molar-refractivity contribution in [3.63, 3.8) is 0 Å². The summed E-state index contributed by atoms with van der Waals surface area (Å²) in [6.07, 6.45) is 3.28. The lowest BCUT2D eigenvalue weighted by Crippen LogP contribution is -2.24. The van der Waals surface area contributed by atoms with Crippen molar-refractivity contribution in [1.29, 1.82) is 21.0 Å². The summed E-state index contributed by atoms with van der Waals surface area (Å²) < 4.78 is 5.74. The van der Waals surface area contributed by atoms with Crippen molar-refractivity contribution < 1.29 is 0 Å². The Morgan fingerprint density at radius 1 is 0.667 bits per heavy atom. The summed E-state index contributed by atoms with van der Waals surface area (Å²) >= 11 is 0. The molecule has 6 rings (SSSR count). The standard InChI is InChI=1S/C38H29N6P/c1-25-12-15-32(18-25)45(30-8-4-2-5-9-30,31-10-6-3-7-11-31)44-29-14-17-34-36(20-29)38(27(23-41)24-42)33-16-13-28(43)19-35(33)37(34)26(21-39)22-40/h2-11,13-14,16-17,19-20,25,32H,12,15,18,43H2,1H3/t25?,32-/m0/s1. The molecule has 216 valence electrons. The lowest BCUT2D eigenvalue weighted by Gasteiger charge is -2.32. The first-order chi connectivity index (χ1) is 21.9. The Kier molecular flexibility index (Phi) is 7.95. The molecular weight excluding hydrogens is 571 g/mol. The van der Waals surface area contributed by atoms with E-state index < -0.39 is 7.05 Å². The van der Waals surface area contributed by atoms with Crippen LogP contribution in [0.25, 0.3) is 32.7 Å². The summed E-state index contributed by atoms with van der Waals surface area (Å²) in [5.41, 5.74) is 7.53. The number of hydrogen-bond acceptors (Lipinski definition) is 6. The van der Waals surface area contributed by atoms with Crippen molar-refractivity contribution >= 4 is 61.7 Å². The molecule has 0 saturated heterocycles. The largest absolute Gasteiger partial charge is 0.399 e. The third-order valence-corrected chi connectivity index (χ3v) is 13.1. The van der Waals surface area contributed by atoms with E-state index in [-0.39, 0.29) is 11.1 Å². The van der Waals surface area contributed by atoms with Gasteiger partial charge in [-0.1, -0.05) is 86.1 Å². The molecule has 0 aliphatic heterocycles. The Morgan fingerprint density at radius 3 is 1.67 bits per heavy atom. The Morgan fingerprint density at radius 2 is 1.18 bits per heavy atom. The van der Waals surface area contributed by atoms with Gasteiger partial charge in [-0.05, 0) is 75.2 Å². The molecule has 6 nitrogen and oxygen atoms in total. The topological polar surface area (TPSA) is 134 Å². The van der Waals surface area contributed by atoms with Crippen LogP contribution in [-0.2, 0) is 0 Å². The summed E-state index contributed by atoms with van der Waals surface area (Å²) in [5.74, 6) is 0.593. The van der Waals surface area contributed by atoms with E-state index >= 15 is 0 Å². The monoisotopic (exact) mass is 600 g/mol. The Bertz CT molecular complexity index is 2260. The smallest absolute Gasteiger partial charge is 0.138 e. The average Bonchev–Trinajstić information content (AvgIpc) is 3.52. The molecule has 0 radical (unpaired) electrons. The van der Waals surface area contributed by atoms with Crippen molar-refractivity contribution in [1.82, 2.24) is 0 Å². The minimum absolute atomic E-state index is 0.0641. The number of nitrogens with two attached hydrogens (primary N) is 1. The highest BCUT2D eigenvalue weighted by Gasteiger charge is 2.38. The molecule has 2 atom stereocenters. The van der Waals surface area contributed by atoms with Crippen LogP contribution in [0.1, 0.15) is 26.2 Å². The Balaban J connectivity index is 1.84. The number of anilines is 1. The molecule has 1 aliphatic carbocycles. The van der Waals surface area contributed by atoms with Crippen LogP contribution >= 0.6 is 7.05 Å². The van der Waals surface area contributed by atoms with Gasteiger partial charge in [-0.2, -0.15) is 21.0 Å². The highest BCUT2D eigenvalue weighted by Crippen LogP contribution is 2.60. The molecule has 2 N–H and O–H groups in total. The normalized spacial score (nSPS) is 15.8. The predicted octanol–water partition coefficient (Wildman–Crippen LogP) is 6.64. The van der Waals surface area contributed by atoms with Gasteiger partial charge < -0.3 is 5.73 Å². The van der Waals surface area contributed by atoms with Gasteiger partial charge in [-0.25, -0.2) is 0 Å². The highest BCUT2D eigenvalue weighted by molar-refractivity contribution is 7.81. The van der Waals surface area contributed by atoms with E-state index in [2.05, 4.69) is 67.6 Å². The molecule has 0 aromatic heterocycles. The van der Waals surface area contributed by atoms with E-state index in [0.717, 1.165) is 24.9 Å². The van der Waals surface area contributed by atoms with Gasteiger partial charge in [-0.3, -0.25) is 4.74 Å². The minimum Gasteiger partial charge on any atom is -0.399 e. The minimum atomic E-state index is -2.37. The summed E-state index contributed by atoms with van der Waals surface area (Å²) in [4.78, 5) is 0. The molecule has 1 fully saturated rings. The first-order valence-electron chi connectivity index (χ1n) is 14.8. The van der Waals surface area contributed by atoms with E-state index in [1.807, 2.05) is 42.5 Å². The number of hydrogen-bond donors (Lipinski definition) is 1. The maximum atomic E-state index is 10.1. The molecule has 45 heavy (non-hydrogen) atoms. The van der Waals surface area contributed by atoms with Crippen molar-refractivity contribution in [2.45, 2.75) is 31.8 Å². The van der Waals surface area contributed by atoms with E-state index in [0.29, 0.717) is 49.2 Å². The van der Waals surface area contributed by atoms with Gasteiger partial charge in [0, 0.05) is 28.8 Å².